The van der Waals surface area contributed by atoms with Gasteiger partial charge >= 0.3 is 0 Å². The summed E-state index contributed by atoms with van der Waals surface area (Å²) in [6.45, 7) is 3.07. The lowest BCUT2D eigenvalue weighted by atomic mass is 9.93. The van der Waals surface area contributed by atoms with E-state index < -0.39 is 0 Å². The predicted molar refractivity (Wildman–Crippen MR) is 125 cm³/mol. The number of nitrogens with zero attached hydrogens (tertiary/aromatic N) is 1. The van der Waals surface area contributed by atoms with E-state index in [1.54, 1.807) is 13.2 Å². The zero-order valence-corrected chi connectivity index (χ0v) is 18.1. The first kappa shape index (κ1) is 20.9. The van der Waals surface area contributed by atoms with Gasteiger partial charge in [-0.15, -0.1) is 0 Å². The minimum atomic E-state index is -0.337. The summed E-state index contributed by atoms with van der Waals surface area (Å²) in [7, 11) is 1.66. The van der Waals surface area contributed by atoms with Crippen LogP contribution >= 0.6 is 0 Å². The third-order valence-corrected chi connectivity index (χ3v) is 5.89. The second kappa shape index (κ2) is 9.21. The Kier molecular flexibility index (Phi) is 6.21. The van der Waals surface area contributed by atoms with Gasteiger partial charge in [-0.05, 0) is 48.9 Å². The Balaban J connectivity index is 1.78. The van der Waals surface area contributed by atoms with Crippen molar-refractivity contribution in [2.45, 2.75) is 39.0 Å². The topological polar surface area (TPSA) is 58.6 Å². The molecule has 0 saturated heterocycles. The van der Waals surface area contributed by atoms with Crippen molar-refractivity contribution in [1.82, 2.24) is 5.32 Å². The van der Waals surface area contributed by atoms with Crippen LogP contribution < -0.4 is 15.0 Å². The summed E-state index contributed by atoms with van der Waals surface area (Å²) in [5.74, 6) is 0.137. The van der Waals surface area contributed by atoms with Crippen molar-refractivity contribution in [1.29, 1.82) is 0 Å². The van der Waals surface area contributed by atoms with Gasteiger partial charge in [0.05, 0.1) is 7.11 Å². The number of imide groups is 1. The standard InChI is InChI=1S/C26H28N2O3/c1-3-4-5-6-7-17-28(18-11-13-19(31-2)14-12-18)23-16-15-22-24-20(23)9-8-10-21(24)25(29)27-26(22)30/h8-16H,3-7,17H2,1-2H3,(H,27,29,30). The van der Waals surface area contributed by atoms with E-state index in [1.807, 2.05) is 36.4 Å². The van der Waals surface area contributed by atoms with Crippen LogP contribution in [0.5, 0.6) is 5.75 Å². The first-order valence-corrected chi connectivity index (χ1v) is 11.0. The Morgan fingerprint density at radius 3 is 2.26 bits per heavy atom. The molecule has 1 aliphatic rings. The molecule has 160 valence electrons. The molecule has 0 unspecified atom stereocenters. The van der Waals surface area contributed by atoms with Gasteiger partial charge in [0, 0.05) is 39.8 Å². The van der Waals surface area contributed by atoms with Crippen molar-refractivity contribution in [3.8, 4) is 5.75 Å². The number of rotatable bonds is 9. The molecule has 1 aliphatic heterocycles. The molecule has 0 bridgehead atoms. The maximum atomic E-state index is 12.4. The summed E-state index contributed by atoms with van der Waals surface area (Å²) in [4.78, 5) is 27.1. The van der Waals surface area contributed by atoms with Crippen LogP contribution in [0.2, 0.25) is 0 Å². The van der Waals surface area contributed by atoms with E-state index in [0.717, 1.165) is 40.9 Å². The van der Waals surface area contributed by atoms with Gasteiger partial charge in [0.1, 0.15) is 5.75 Å². The molecule has 5 heteroatoms. The Labute approximate surface area is 183 Å². The van der Waals surface area contributed by atoms with E-state index in [0.29, 0.717) is 11.1 Å². The number of unbranched alkanes of at least 4 members (excludes halogenated alkanes) is 4. The van der Waals surface area contributed by atoms with Crippen molar-refractivity contribution in [2.24, 2.45) is 0 Å². The minimum Gasteiger partial charge on any atom is -0.497 e. The number of amides is 2. The summed E-state index contributed by atoms with van der Waals surface area (Å²) in [5.41, 5.74) is 3.16. The fourth-order valence-electron chi connectivity index (χ4n) is 4.27. The molecule has 0 radical (unpaired) electrons. The van der Waals surface area contributed by atoms with Gasteiger partial charge in [-0.2, -0.15) is 0 Å². The molecule has 1 heterocycles. The number of nitrogens with one attached hydrogen (secondary N) is 1. The highest BCUT2D eigenvalue weighted by Crippen LogP contribution is 2.37. The van der Waals surface area contributed by atoms with Crippen molar-refractivity contribution in [3.05, 3.63) is 65.7 Å². The monoisotopic (exact) mass is 416 g/mol. The van der Waals surface area contributed by atoms with Crippen LogP contribution in [0.3, 0.4) is 0 Å². The van der Waals surface area contributed by atoms with Gasteiger partial charge in [-0.25, -0.2) is 0 Å². The SMILES string of the molecule is CCCCCCCN(c1ccc(OC)cc1)c1ccc2c3c(cccc13)C(=O)NC2=O. The molecule has 0 fully saturated rings. The smallest absolute Gasteiger partial charge is 0.258 e. The number of hydrogen-bond donors (Lipinski definition) is 1. The second-order valence-electron chi connectivity index (χ2n) is 7.91. The van der Waals surface area contributed by atoms with Crippen LogP contribution in [0.25, 0.3) is 10.8 Å². The summed E-state index contributed by atoms with van der Waals surface area (Å²) in [6.07, 6.45) is 5.93. The molecule has 0 aliphatic carbocycles. The van der Waals surface area contributed by atoms with Crippen LogP contribution in [0.1, 0.15) is 59.7 Å². The average molecular weight is 417 g/mol. The van der Waals surface area contributed by atoms with Crippen LogP contribution in [0, 0.1) is 0 Å². The van der Waals surface area contributed by atoms with E-state index in [1.165, 1.54) is 25.7 Å². The summed E-state index contributed by atoms with van der Waals surface area (Å²) < 4.78 is 5.33. The van der Waals surface area contributed by atoms with E-state index in [9.17, 15) is 9.59 Å². The van der Waals surface area contributed by atoms with Gasteiger partial charge < -0.3 is 9.64 Å². The van der Waals surface area contributed by atoms with Crippen LogP contribution in [0.15, 0.2) is 54.6 Å². The second-order valence-corrected chi connectivity index (χ2v) is 7.91. The molecule has 0 atom stereocenters. The highest BCUT2D eigenvalue weighted by Gasteiger charge is 2.26. The van der Waals surface area contributed by atoms with Crippen molar-refractivity contribution < 1.29 is 14.3 Å². The third-order valence-electron chi connectivity index (χ3n) is 5.89. The first-order chi connectivity index (χ1) is 15.1. The van der Waals surface area contributed by atoms with Crippen molar-refractivity contribution >= 4 is 34.0 Å². The lowest BCUT2D eigenvalue weighted by Crippen LogP contribution is -2.34. The number of carbonyl (C=O) groups excluding carboxylic acids is 2. The Bertz CT molecular complexity index is 1090. The number of hydrogen-bond acceptors (Lipinski definition) is 4. The molecule has 4 rings (SSSR count). The molecule has 3 aromatic rings. The lowest BCUT2D eigenvalue weighted by molar-refractivity contribution is 0.0845. The van der Waals surface area contributed by atoms with Crippen molar-refractivity contribution in [3.63, 3.8) is 0 Å². The molecule has 5 nitrogen and oxygen atoms in total. The minimum absolute atomic E-state index is 0.337. The van der Waals surface area contributed by atoms with E-state index >= 15 is 0 Å². The zero-order valence-electron chi connectivity index (χ0n) is 18.1. The highest BCUT2D eigenvalue weighted by molar-refractivity contribution is 6.27. The fourth-order valence-corrected chi connectivity index (χ4v) is 4.27. The molecule has 3 aromatic carbocycles. The summed E-state index contributed by atoms with van der Waals surface area (Å²) >= 11 is 0. The van der Waals surface area contributed by atoms with Gasteiger partial charge in [0.2, 0.25) is 0 Å². The number of carbonyl (C=O) groups is 2. The van der Waals surface area contributed by atoms with Crippen molar-refractivity contribution in [2.75, 3.05) is 18.6 Å². The summed E-state index contributed by atoms with van der Waals surface area (Å²) in [6, 6.07) is 17.5. The Morgan fingerprint density at radius 1 is 0.839 bits per heavy atom. The lowest BCUT2D eigenvalue weighted by Gasteiger charge is -2.28. The maximum absolute atomic E-state index is 12.4. The van der Waals surface area contributed by atoms with Gasteiger partial charge in [0.25, 0.3) is 11.8 Å². The van der Waals surface area contributed by atoms with E-state index in [-0.39, 0.29) is 11.8 Å². The number of benzene rings is 3. The Hall–Kier alpha value is -3.34. The zero-order chi connectivity index (χ0) is 21.8. The first-order valence-electron chi connectivity index (χ1n) is 11.0. The largest absolute Gasteiger partial charge is 0.497 e. The van der Waals surface area contributed by atoms with Gasteiger partial charge in [-0.3, -0.25) is 14.9 Å². The third kappa shape index (κ3) is 4.13. The van der Waals surface area contributed by atoms with E-state index in [2.05, 4.69) is 29.3 Å². The van der Waals surface area contributed by atoms with Gasteiger partial charge in [-0.1, -0.05) is 44.7 Å². The number of methoxy groups -OCH3 is 1. The molecule has 0 aromatic heterocycles. The molecule has 1 N–H and O–H groups in total. The normalized spacial score (nSPS) is 12.7. The average Bonchev–Trinajstić information content (AvgIpc) is 2.80. The molecule has 31 heavy (non-hydrogen) atoms. The molecule has 0 saturated carbocycles. The quantitative estimate of drug-likeness (QED) is 0.352. The van der Waals surface area contributed by atoms with Gasteiger partial charge in [0.15, 0.2) is 0 Å². The molecular weight excluding hydrogens is 388 g/mol. The van der Waals surface area contributed by atoms with Crippen LogP contribution in [-0.2, 0) is 0 Å². The summed E-state index contributed by atoms with van der Waals surface area (Å²) in [5, 5.41) is 4.09. The van der Waals surface area contributed by atoms with E-state index in [4.69, 9.17) is 4.74 Å². The fraction of sp³-hybridized carbons (Fsp3) is 0.308. The van der Waals surface area contributed by atoms with Crippen LogP contribution in [0.4, 0.5) is 11.4 Å². The predicted octanol–water partition coefficient (Wildman–Crippen LogP) is 5.84. The van der Waals surface area contributed by atoms with Crippen LogP contribution in [-0.4, -0.2) is 25.5 Å². The molecule has 0 spiro atoms. The molecule has 2 amide bonds. The highest BCUT2D eigenvalue weighted by atomic mass is 16.5. The maximum Gasteiger partial charge on any atom is 0.258 e. The number of anilines is 2. The Morgan fingerprint density at radius 2 is 1.55 bits per heavy atom. The molecular formula is C26H28N2O3. The number of ether oxygens (including phenoxy) is 1.